The first-order valence-electron chi connectivity index (χ1n) is 5.62. The first-order valence-corrected chi connectivity index (χ1v) is 6.70. The lowest BCUT2D eigenvalue weighted by molar-refractivity contribution is 0.163. The number of ether oxygens (including phenoxy) is 1. The van der Waals surface area contributed by atoms with Crippen molar-refractivity contribution in [3.8, 4) is 5.75 Å². The second-order valence-electron chi connectivity index (χ2n) is 4.07. The summed E-state index contributed by atoms with van der Waals surface area (Å²) < 4.78 is 7.05. The molecule has 1 N–H and O–H groups in total. The fraction of sp³-hybridized carbons (Fsp3) is 0.286. The Morgan fingerprint density at radius 3 is 2.94 bits per heavy atom. The van der Waals surface area contributed by atoms with Crippen molar-refractivity contribution in [3.63, 3.8) is 0 Å². The Morgan fingerprint density at radius 2 is 2.29 bits per heavy atom. The SMILES string of the molecule is C=CCc1cccc(I)c1O[C@@H]1C=C[C@H](O)C1. The highest BCUT2D eigenvalue weighted by molar-refractivity contribution is 14.1. The number of benzene rings is 1. The van der Waals surface area contributed by atoms with E-state index in [1.807, 2.05) is 30.4 Å². The number of para-hydroxylation sites is 1. The van der Waals surface area contributed by atoms with Gasteiger partial charge in [-0.25, -0.2) is 0 Å². The van der Waals surface area contributed by atoms with Gasteiger partial charge in [-0.15, -0.1) is 6.58 Å². The number of allylic oxidation sites excluding steroid dienone is 1. The zero-order valence-corrected chi connectivity index (χ0v) is 11.6. The van der Waals surface area contributed by atoms with Gasteiger partial charge in [0.25, 0.3) is 0 Å². The Labute approximate surface area is 115 Å². The van der Waals surface area contributed by atoms with E-state index in [1.165, 1.54) is 0 Å². The number of hydrogen-bond acceptors (Lipinski definition) is 2. The minimum Gasteiger partial charge on any atom is -0.485 e. The van der Waals surface area contributed by atoms with E-state index in [2.05, 4.69) is 29.2 Å². The van der Waals surface area contributed by atoms with Crippen molar-refractivity contribution in [3.05, 3.63) is 52.1 Å². The van der Waals surface area contributed by atoms with Gasteiger partial charge in [0.15, 0.2) is 0 Å². The average Bonchev–Trinajstić information content (AvgIpc) is 2.70. The van der Waals surface area contributed by atoms with Gasteiger partial charge in [0.1, 0.15) is 11.9 Å². The van der Waals surface area contributed by atoms with Gasteiger partial charge in [0.2, 0.25) is 0 Å². The number of hydrogen-bond donors (Lipinski definition) is 1. The summed E-state index contributed by atoms with van der Waals surface area (Å²) in [5, 5.41) is 9.43. The third kappa shape index (κ3) is 3.10. The summed E-state index contributed by atoms with van der Waals surface area (Å²) in [7, 11) is 0. The van der Waals surface area contributed by atoms with Gasteiger partial charge in [-0.05, 0) is 46.7 Å². The number of rotatable bonds is 4. The van der Waals surface area contributed by atoms with E-state index >= 15 is 0 Å². The first-order chi connectivity index (χ1) is 8.20. The summed E-state index contributed by atoms with van der Waals surface area (Å²) in [4.78, 5) is 0. The summed E-state index contributed by atoms with van der Waals surface area (Å²) in [6.07, 6.45) is 6.62. The molecule has 1 aliphatic rings. The maximum Gasteiger partial charge on any atom is 0.137 e. The molecule has 3 heteroatoms. The van der Waals surface area contributed by atoms with Crippen LogP contribution >= 0.6 is 22.6 Å². The maximum absolute atomic E-state index is 9.43. The summed E-state index contributed by atoms with van der Waals surface area (Å²) >= 11 is 2.27. The molecule has 0 heterocycles. The van der Waals surface area contributed by atoms with Gasteiger partial charge in [-0.1, -0.05) is 24.3 Å². The fourth-order valence-electron chi connectivity index (χ4n) is 1.89. The van der Waals surface area contributed by atoms with Crippen LogP contribution in [0, 0.1) is 3.57 Å². The van der Waals surface area contributed by atoms with Crippen molar-refractivity contribution in [2.45, 2.75) is 25.0 Å². The van der Waals surface area contributed by atoms with Crippen LogP contribution in [0.3, 0.4) is 0 Å². The van der Waals surface area contributed by atoms with Crippen LogP contribution in [0.2, 0.25) is 0 Å². The van der Waals surface area contributed by atoms with Gasteiger partial charge in [-0.2, -0.15) is 0 Å². The lowest BCUT2D eigenvalue weighted by Gasteiger charge is -2.17. The first kappa shape index (κ1) is 12.6. The van der Waals surface area contributed by atoms with Crippen LogP contribution in [0.25, 0.3) is 0 Å². The van der Waals surface area contributed by atoms with Gasteiger partial charge in [0, 0.05) is 6.42 Å². The third-order valence-electron chi connectivity index (χ3n) is 2.70. The van der Waals surface area contributed by atoms with Crippen LogP contribution in [0.5, 0.6) is 5.75 Å². The van der Waals surface area contributed by atoms with Crippen LogP contribution in [0.15, 0.2) is 43.0 Å². The molecule has 0 spiro atoms. The average molecular weight is 342 g/mol. The van der Waals surface area contributed by atoms with E-state index < -0.39 is 0 Å². The van der Waals surface area contributed by atoms with Crippen molar-refractivity contribution >= 4 is 22.6 Å². The summed E-state index contributed by atoms with van der Waals surface area (Å²) in [6.45, 7) is 3.76. The molecule has 0 unspecified atom stereocenters. The molecule has 1 aliphatic carbocycles. The van der Waals surface area contributed by atoms with E-state index in [-0.39, 0.29) is 12.2 Å². The van der Waals surface area contributed by atoms with Crippen molar-refractivity contribution < 1.29 is 9.84 Å². The van der Waals surface area contributed by atoms with Crippen molar-refractivity contribution in [1.82, 2.24) is 0 Å². The lowest BCUT2D eigenvalue weighted by Crippen LogP contribution is -2.15. The van der Waals surface area contributed by atoms with Crippen LogP contribution in [0.1, 0.15) is 12.0 Å². The molecule has 2 nitrogen and oxygen atoms in total. The maximum atomic E-state index is 9.43. The molecule has 2 atom stereocenters. The number of halogens is 1. The lowest BCUT2D eigenvalue weighted by atomic mass is 10.1. The normalized spacial score (nSPS) is 22.7. The van der Waals surface area contributed by atoms with Gasteiger partial charge in [-0.3, -0.25) is 0 Å². The largest absolute Gasteiger partial charge is 0.485 e. The Kier molecular flexibility index (Phi) is 4.23. The topological polar surface area (TPSA) is 29.5 Å². The quantitative estimate of drug-likeness (QED) is 0.673. The molecule has 0 saturated carbocycles. The van der Waals surface area contributed by atoms with Crippen LogP contribution in [-0.2, 0) is 6.42 Å². The Bertz CT molecular complexity index is 440. The molecule has 17 heavy (non-hydrogen) atoms. The molecule has 2 rings (SSSR count). The predicted molar refractivity (Wildman–Crippen MR) is 77.2 cm³/mol. The standard InChI is InChI=1S/C14H15IO2/c1-2-4-10-5-3-6-13(15)14(10)17-12-8-7-11(16)9-12/h2-3,5-8,11-12,16H,1,4,9H2/t11-,12+/m0/s1. The smallest absolute Gasteiger partial charge is 0.137 e. The summed E-state index contributed by atoms with van der Waals surface area (Å²) in [6, 6.07) is 6.10. The molecule has 1 aromatic rings. The molecule has 90 valence electrons. The van der Waals surface area contributed by atoms with E-state index in [4.69, 9.17) is 4.74 Å². The fourth-order valence-corrected chi connectivity index (χ4v) is 2.57. The molecule has 1 aromatic carbocycles. The van der Waals surface area contributed by atoms with E-state index in [0.29, 0.717) is 6.42 Å². The highest BCUT2D eigenvalue weighted by Crippen LogP contribution is 2.29. The Hall–Kier alpha value is -0.810. The molecule has 0 radical (unpaired) electrons. The Balaban J connectivity index is 2.19. The summed E-state index contributed by atoms with van der Waals surface area (Å²) in [5.41, 5.74) is 1.14. The zero-order chi connectivity index (χ0) is 12.3. The molecule has 0 aromatic heterocycles. The predicted octanol–water partition coefficient (Wildman–Crippen LogP) is 3.09. The summed E-state index contributed by atoms with van der Waals surface area (Å²) in [5.74, 6) is 0.914. The number of aliphatic hydroxyl groups is 1. The minimum absolute atomic E-state index is 0.0236. The van der Waals surface area contributed by atoms with Gasteiger partial charge < -0.3 is 9.84 Å². The van der Waals surface area contributed by atoms with Crippen LogP contribution in [-0.4, -0.2) is 17.3 Å². The van der Waals surface area contributed by atoms with Crippen molar-refractivity contribution in [2.24, 2.45) is 0 Å². The van der Waals surface area contributed by atoms with Gasteiger partial charge >= 0.3 is 0 Å². The van der Waals surface area contributed by atoms with Crippen molar-refractivity contribution in [2.75, 3.05) is 0 Å². The zero-order valence-electron chi connectivity index (χ0n) is 9.47. The monoisotopic (exact) mass is 342 g/mol. The van der Waals surface area contributed by atoms with E-state index in [0.717, 1.165) is 21.3 Å². The Morgan fingerprint density at radius 1 is 1.47 bits per heavy atom. The molecular formula is C14H15IO2. The van der Waals surface area contributed by atoms with Crippen LogP contribution in [0.4, 0.5) is 0 Å². The second kappa shape index (κ2) is 5.69. The second-order valence-corrected chi connectivity index (χ2v) is 5.23. The molecule has 0 amide bonds. The molecule has 0 fully saturated rings. The van der Waals surface area contributed by atoms with Crippen LogP contribution < -0.4 is 4.74 Å². The highest BCUT2D eigenvalue weighted by atomic mass is 127. The minimum atomic E-state index is -0.371. The van der Waals surface area contributed by atoms with E-state index in [9.17, 15) is 5.11 Å². The molecule has 0 aliphatic heterocycles. The molecule has 0 saturated heterocycles. The van der Waals surface area contributed by atoms with E-state index in [1.54, 1.807) is 6.08 Å². The third-order valence-corrected chi connectivity index (χ3v) is 3.55. The highest BCUT2D eigenvalue weighted by Gasteiger charge is 2.20. The molecule has 0 bridgehead atoms. The van der Waals surface area contributed by atoms with Crippen molar-refractivity contribution in [1.29, 1.82) is 0 Å². The number of aliphatic hydroxyl groups excluding tert-OH is 1. The molecular weight excluding hydrogens is 327 g/mol. The van der Waals surface area contributed by atoms with Gasteiger partial charge in [0.05, 0.1) is 9.67 Å².